The highest BCUT2D eigenvalue weighted by molar-refractivity contribution is 5.92. The Morgan fingerprint density at radius 3 is 2.75 bits per heavy atom. The number of amides is 1. The molecule has 0 saturated heterocycles. The van der Waals surface area contributed by atoms with E-state index >= 15 is 0 Å². The Balaban J connectivity index is 2.01. The normalized spacial score (nSPS) is 10.2. The molecule has 1 amide bonds. The van der Waals surface area contributed by atoms with E-state index in [1.54, 1.807) is 24.4 Å². The van der Waals surface area contributed by atoms with E-state index in [9.17, 15) is 9.59 Å². The van der Waals surface area contributed by atoms with Gasteiger partial charge < -0.3 is 10.4 Å². The monoisotopic (exact) mass is 273 g/mol. The van der Waals surface area contributed by atoms with Crippen LogP contribution in [0.4, 0.5) is 5.69 Å². The molecule has 0 fully saturated rings. The summed E-state index contributed by atoms with van der Waals surface area (Å²) >= 11 is 0. The molecular weight excluding hydrogens is 258 g/mol. The number of hydrogen-bond acceptors (Lipinski definition) is 3. The number of rotatable bonds is 6. The Hall–Kier alpha value is -2.63. The van der Waals surface area contributed by atoms with Crippen LogP contribution in [0, 0.1) is 0 Å². The molecule has 2 rings (SSSR count). The summed E-state index contributed by atoms with van der Waals surface area (Å²) in [6, 6.07) is 8.94. The number of aliphatic carboxylic acids is 1. The number of benzene rings is 1. The smallest absolute Gasteiger partial charge is 0.303 e. The largest absolute Gasteiger partial charge is 0.481 e. The number of nitrogens with one attached hydrogen (secondary N) is 2. The van der Waals surface area contributed by atoms with Gasteiger partial charge in [0.05, 0.1) is 6.42 Å². The molecule has 0 aliphatic heterocycles. The standard InChI is InChI=1S/C14H15N3O3/c18-13(9-11-7-8-15-17-11)16-12-4-2-1-3-10(12)5-6-14(19)20/h1-4,7-8H,5-6,9H2,(H,15,17)(H,16,18)(H,19,20). The van der Waals surface area contributed by atoms with Crippen molar-refractivity contribution in [1.82, 2.24) is 10.2 Å². The predicted octanol–water partition coefficient (Wildman–Crippen LogP) is 1.61. The van der Waals surface area contributed by atoms with Crippen LogP contribution < -0.4 is 5.32 Å². The minimum absolute atomic E-state index is 0.0352. The van der Waals surface area contributed by atoms with Crippen LogP contribution in [0.2, 0.25) is 0 Å². The maximum absolute atomic E-state index is 11.9. The summed E-state index contributed by atoms with van der Waals surface area (Å²) in [6.45, 7) is 0. The van der Waals surface area contributed by atoms with Gasteiger partial charge in [0.15, 0.2) is 0 Å². The van der Waals surface area contributed by atoms with Crippen molar-refractivity contribution in [3.8, 4) is 0 Å². The highest BCUT2D eigenvalue weighted by Crippen LogP contribution is 2.17. The summed E-state index contributed by atoms with van der Waals surface area (Å²) in [7, 11) is 0. The van der Waals surface area contributed by atoms with E-state index in [1.807, 2.05) is 12.1 Å². The Kier molecular flexibility index (Phi) is 4.49. The number of carbonyl (C=O) groups is 2. The third-order valence-corrected chi connectivity index (χ3v) is 2.81. The van der Waals surface area contributed by atoms with Crippen LogP contribution in [0.3, 0.4) is 0 Å². The molecule has 1 aromatic heterocycles. The molecule has 0 aliphatic carbocycles. The summed E-state index contributed by atoms with van der Waals surface area (Å²) in [5.41, 5.74) is 2.19. The molecule has 0 atom stereocenters. The zero-order valence-corrected chi connectivity index (χ0v) is 10.8. The Bertz CT molecular complexity index is 593. The number of H-pyrrole nitrogens is 1. The second-order valence-electron chi connectivity index (χ2n) is 4.36. The van der Waals surface area contributed by atoms with E-state index in [0.29, 0.717) is 12.1 Å². The van der Waals surface area contributed by atoms with E-state index in [4.69, 9.17) is 5.11 Å². The van der Waals surface area contributed by atoms with Gasteiger partial charge in [0.1, 0.15) is 0 Å². The fourth-order valence-electron chi connectivity index (χ4n) is 1.85. The van der Waals surface area contributed by atoms with Crippen molar-refractivity contribution in [2.45, 2.75) is 19.3 Å². The number of anilines is 1. The molecule has 1 heterocycles. The van der Waals surface area contributed by atoms with Gasteiger partial charge in [-0.15, -0.1) is 0 Å². The Labute approximate surface area is 115 Å². The molecule has 0 saturated carbocycles. The van der Waals surface area contributed by atoms with Crippen molar-refractivity contribution in [2.24, 2.45) is 0 Å². The van der Waals surface area contributed by atoms with Crippen LogP contribution in [0.15, 0.2) is 36.5 Å². The lowest BCUT2D eigenvalue weighted by Gasteiger charge is -2.09. The molecule has 6 nitrogen and oxygen atoms in total. The lowest BCUT2D eigenvalue weighted by molar-refractivity contribution is -0.136. The number of nitrogens with zero attached hydrogens (tertiary/aromatic N) is 1. The SMILES string of the molecule is O=C(O)CCc1ccccc1NC(=O)Cc1ccn[nH]1. The highest BCUT2D eigenvalue weighted by Gasteiger charge is 2.09. The van der Waals surface area contributed by atoms with Crippen molar-refractivity contribution in [3.63, 3.8) is 0 Å². The van der Waals surface area contributed by atoms with Gasteiger partial charge in [-0.25, -0.2) is 0 Å². The van der Waals surface area contributed by atoms with Gasteiger partial charge in [0.2, 0.25) is 5.91 Å². The maximum atomic E-state index is 11.9. The van der Waals surface area contributed by atoms with Crippen LogP contribution in [0.5, 0.6) is 0 Å². The molecule has 20 heavy (non-hydrogen) atoms. The summed E-state index contributed by atoms with van der Waals surface area (Å²) in [6.07, 6.45) is 2.21. The number of para-hydroxylation sites is 1. The molecule has 0 aliphatic rings. The quantitative estimate of drug-likeness (QED) is 0.745. The van der Waals surface area contributed by atoms with Gasteiger partial charge in [-0.05, 0) is 24.1 Å². The van der Waals surface area contributed by atoms with Crippen LogP contribution in [0.25, 0.3) is 0 Å². The molecule has 0 bridgehead atoms. The van der Waals surface area contributed by atoms with E-state index in [2.05, 4.69) is 15.5 Å². The zero-order chi connectivity index (χ0) is 14.4. The minimum Gasteiger partial charge on any atom is -0.481 e. The lowest BCUT2D eigenvalue weighted by Crippen LogP contribution is -2.16. The second-order valence-corrected chi connectivity index (χ2v) is 4.36. The van der Waals surface area contributed by atoms with Crippen LogP contribution in [-0.4, -0.2) is 27.2 Å². The van der Waals surface area contributed by atoms with Gasteiger partial charge in [-0.2, -0.15) is 5.10 Å². The zero-order valence-electron chi connectivity index (χ0n) is 10.8. The first kappa shape index (κ1) is 13.8. The van der Waals surface area contributed by atoms with Crippen LogP contribution >= 0.6 is 0 Å². The molecule has 6 heteroatoms. The summed E-state index contributed by atoms with van der Waals surface area (Å²) in [5, 5.41) is 18.0. The average molecular weight is 273 g/mol. The fourth-order valence-corrected chi connectivity index (χ4v) is 1.85. The average Bonchev–Trinajstić information content (AvgIpc) is 2.90. The molecule has 104 valence electrons. The topological polar surface area (TPSA) is 95.1 Å². The molecule has 0 spiro atoms. The van der Waals surface area contributed by atoms with Gasteiger partial charge >= 0.3 is 5.97 Å². The number of hydrogen-bond donors (Lipinski definition) is 3. The van der Waals surface area contributed by atoms with E-state index in [1.165, 1.54) is 0 Å². The molecular formula is C14H15N3O3. The third kappa shape index (κ3) is 3.94. The number of aromatic amines is 1. The number of carboxylic acids is 1. The van der Waals surface area contributed by atoms with Crippen molar-refractivity contribution in [3.05, 3.63) is 47.8 Å². The first-order valence-electron chi connectivity index (χ1n) is 6.23. The molecule has 0 unspecified atom stereocenters. The van der Waals surface area contributed by atoms with Crippen LogP contribution in [-0.2, 0) is 22.4 Å². The highest BCUT2D eigenvalue weighted by atomic mass is 16.4. The second kappa shape index (κ2) is 6.51. The predicted molar refractivity (Wildman–Crippen MR) is 73.3 cm³/mol. The van der Waals surface area contributed by atoms with Crippen molar-refractivity contribution in [2.75, 3.05) is 5.32 Å². The van der Waals surface area contributed by atoms with E-state index in [0.717, 1.165) is 11.3 Å². The Morgan fingerprint density at radius 1 is 1.25 bits per heavy atom. The number of aromatic nitrogens is 2. The van der Waals surface area contributed by atoms with Crippen molar-refractivity contribution >= 4 is 17.6 Å². The van der Waals surface area contributed by atoms with Crippen LogP contribution in [0.1, 0.15) is 17.7 Å². The molecule has 2 aromatic rings. The van der Waals surface area contributed by atoms with Gasteiger partial charge in [-0.3, -0.25) is 14.7 Å². The maximum Gasteiger partial charge on any atom is 0.303 e. The lowest BCUT2D eigenvalue weighted by atomic mass is 10.1. The van der Waals surface area contributed by atoms with Crippen molar-refractivity contribution < 1.29 is 14.7 Å². The van der Waals surface area contributed by atoms with Gasteiger partial charge in [0, 0.05) is 24.0 Å². The Morgan fingerprint density at radius 2 is 2.05 bits per heavy atom. The summed E-state index contributed by atoms with van der Waals surface area (Å²) in [4.78, 5) is 22.5. The third-order valence-electron chi connectivity index (χ3n) is 2.81. The minimum atomic E-state index is -0.858. The van der Waals surface area contributed by atoms with Gasteiger partial charge in [0.25, 0.3) is 0 Å². The summed E-state index contributed by atoms with van der Waals surface area (Å²) < 4.78 is 0. The first-order valence-corrected chi connectivity index (χ1v) is 6.23. The molecule has 3 N–H and O–H groups in total. The number of aryl methyl sites for hydroxylation is 1. The molecule has 0 radical (unpaired) electrons. The number of carboxylic acid groups (broad SMARTS) is 1. The van der Waals surface area contributed by atoms with Gasteiger partial charge in [-0.1, -0.05) is 18.2 Å². The number of carbonyl (C=O) groups excluding carboxylic acids is 1. The van der Waals surface area contributed by atoms with E-state index in [-0.39, 0.29) is 18.7 Å². The molecule has 1 aromatic carbocycles. The summed E-state index contributed by atoms with van der Waals surface area (Å²) in [5.74, 6) is -1.03. The fraction of sp³-hybridized carbons (Fsp3) is 0.214. The first-order chi connectivity index (χ1) is 9.65. The van der Waals surface area contributed by atoms with Crippen molar-refractivity contribution in [1.29, 1.82) is 0 Å². The van der Waals surface area contributed by atoms with E-state index < -0.39 is 5.97 Å².